The molecule has 0 amide bonds. The fourth-order valence-electron chi connectivity index (χ4n) is 4.43. The number of nitrogens with zero attached hydrogens (tertiary/aromatic N) is 1. The van der Waals surface area contributed by atoms with Gasteiger partial charge in [-0.1, -0.05) is 50.6 Å². The minimum atomic E-state index is -0.0773. The van der Waals surface area contributed by atoms with E-state index in [4.69, 9.17) is 16.8 Å². The van der Waals surface area contributed by atoms with Crippen LogP contribution in [0.15, 0.2) is 24.3 Å². The van der Waals surface area contributed by atoms with Gasteiger partial charge in [0.05, 0.1) is 0 Å². The Labute approximate surface area is 210 Å². The van der Waals surface area contributed by atoms with Crippen molar-refractivity contribution < 1.29 is 11.1 Å². The predicted molar refractivity (Wildman–Crippen MR) is 140 cm³/mol. The summed E-state index contributed by atoms with van der Waals surface area (Å²) >= 11 is 7.12. The molecular weight excluding hydrogens is 561 g/mol. The van der Waals surface area contributed by atoms with Crippen molar-refractivity contribution in [2.45, 2.75) is 72.9 Å². The Bertz CT molecular complexity index is 778. The summed E-state index contributed by atoms with van der Waals surface area (Å²) in [7, 11) is 0. The van der Waals surface area contributed by atoms with E-state index in [0.29, 0.717) is 13.1 Å². The Morgan fingerprint density at radius 1 is 0.774 bits per heavy atom. The van der Waals surface area contributed by atoms with Crippen molar-refractivity contribution in [1.29, 1.82) is 0 Å². The van der Waals surface area contributed by atoms with Gasteiger partial charge >= 0.3 is 39.5 Å². The van der Waals surface area contributed by atoms with E-state index in [-0.39, 0.29) is 12.1 Å². The molecule has 0 saturated carbocycles. The van der Waals surface area contributed by atoms with E-state index in [1.807, 2.05) is 0 Å². The quantitative estimate of drug-likeness (QED) is 0.324. The maximum absolute atomic E-state index is 6.61. The first-order valence-electron chi connectivity index (χ1n) is 10.9. The van der Waals surface area contributed by atoms with Crippen LogP contribution >= 0.6 is 28.3 Å². The molecule has 31 heavy (non-hydrogen) atoms. The molecule has 0 radical (unpaired) electrons. The predicted octanol–water partition coefficient (Wildman–Crippen LogP) is 7.06. The first kappa shape index (κ1) is 28.8. The third kappa shape index (κ3) is 8.58. The topological polar surface area (TPSA) is 66.1 Å². The molecule has 0 aliphatic heterocycles. The zero-order valence-electron chi connectivity index (χ0n) is 19.7. The van der Waals surface area contributed by atoms with Crippen molar-refractivity contribution in [2.24, 2.45) is 11.5 Å². The van der Waals surface area contributed by atoms with Gasteiger partial charge in [0.25, 0.3) is 0 Å². The van der Waals surface area contributed by atoms with Gasteiger partial charge in [-0.2, -0.15) is 0 Å². The third-order valence-corrected chi connectivity index (χ3v) is 5.71. The van der Waals surface area contributed by atoms with Gasteiger partial charge in [0.15, 0.2) is 0 Å². The molecule has 0 bridgehead atoms. The summed E-state index contributed by atoms with van der Waals surface area (Å²) in [6.07, 6.45) is 3.07. The van der Waals surface area contributed by atoms with E-state index in [2.05, 4.69) is 94.1 Å². The molecule has 2 aromatic rings. The maximum atomic E-state index is 6.61. The second-order valence-corrected chi connectivity index (χ2v) is 13.3. The van der Waals surface area contributed by atoms with Crippen molar-refractivity contribution in [3.63, 3.8) is 0 Å². The molecule has 6 heteroatoms. The Morgan fingerprint density at radius 2 is 1.19 bits per heavy atom. The van der Waals surface area contributed by atoms with Crippen LogP contribution in [0.5, 0.6) is 0 Å². The third-order valence-electron chi connectivity index (χ3n) is 5.71. The second-order valence-electron chi connectivity index (χ2n) is 8.05. The Hall–Kier alpha value is -0.214. The number of nitrogens with two attached hydrogens (primary N) is 2. The monoisotopic (exact) mass is 597 g/mol. The standard InChI is InChI=1S/C25H38N3.2BrH.Co/c1-7-19-12-20(8-2)25(21(9-3)13-19)23(27)15-28-14-22(26)24-17(5)10-16(4)11-18(24)6;;;/h10-13,22-23H,7-9,14-15,26-27H2,1-6H3;2*1H;/q-1;;;+3/p-2. The molecular formula is C25H38Br2CoN3. The molecule has 0 aromatic heterocycles. The molecule has 0 saturated heterocycles. The van der Waals surface area contributed by atoms with Crippen molar-refractivity contribution in [2.75, 3.05) is 13.1 Å². The summed E-state index contributed by atoms with van der Waals surface area (Å²) in [6.45, 7) is 14.2. The van der Waals surface area contributed by atoms with Crippen LogP contribution in [0.3, 0.4) is 0 Å². The summed E-state index contributed by atoms with van der Waals surface area (Å²) in [5, 5.41) is 4.77. The Morgan fingerprint density at radius 3 is 1.58 bits per heavy atom. The molecule has 0 fully saturated rings. The molecule has 176 valence electrons. The molecule has 2 rings (SSSR count). The molecule has 0 aliphatic carbocycles. The molecule has 3 nitrogen and oxygen atoms in total. The van der Waals surface area contributed by atoms with Gasteiger partial charge in [-0.05, 0) is 79.0 Å². The fourth-order valence-corrected chi connectivity index (χ4v) is 4.43. The Balaban J connectivity index is 0.00000151. The zero-order chi connectivity index (χ0) is 23.6. The van der Waals surface area contributed by atoms with E-state index in [1.54, 1.807) is 0 Å². The van der Waals surface area contributed by atoms with E-state index < -0.39 is 0 Å². The summed E-state index contributed by atoms with van der Waals surface area (Å²) in [5.41, 5.74) is 23.5. The van der Waals surface area contributed by atoms with Crippen LogP contribution in [0, 0.1) is 20.8 Å². The molecule has 2 aromatic carbocycles. The SMILES string of the molecule is CCc1cc(CC)c(C(N)C[N-]CC(N)c2c(C)cc(C)cc2C)c(CC)c1.[Br][Co+][Br]. The number of benzene rings is 2. The minimum absolute atomic E-state index is 0.0665. The second kappa shape index (κ2) is 14.8. The first-order chi connectivity index (χ1) is 14.7. The van der Waals surface area contributed by atoms with Gasteiger partial charge in [-0.25, -0.2) is 0 Å². The fraction of sp³-hybridized carbons (Fsp3) is 0.520. The molecule has 0 aliphatic rings. The van der Waals surface area contributed by atoms with Crippen molar-refractivity contribution >= 4 is 28.3 Å². The van der Waals surface area contributed by atoms with Gasteiger partial charge in [-0.3, -0.25) is 0 Å². The molecule has 0 spiro atoms. The number of rotatable bonds is 9. The molecule has 4 N–H and O–H groups in total. The van der Waals surface area contributed by atoms with Crippen LogP contribution in [0.1, 0.15) is 77.4 Å². The van der Waals surface area contributed by atoms with Crippen molar-refractivity contribution in [3.05, 3.63) is 74.1 Å². The van der Waals surface area contributed by atoms with Gasteiger partial charge in [0.2, 0.25) is 0 Å². The van der Waals surface area contributed by atoms with E-state index in [0.717, 1.165) is 30.4 Å². The zero-order valence-corrected chi connectivity index (χ0v) is 23.9. The number of hydrogen-bond acceptors (Lipinski definition) is 2. The van der Waals surface area contributed by atoms with Gasteiger partial charge < -0.3 is 16.8 Å². The van der Waals surface area contributed by atoms with Gasteiger partial charge in [0.1, 0.15) is 0 Å². The van der Waals surface area contributed by atoms with Crippen LogP contribution in [-0.2, 0) is 30.4 Å². The van der Waals surface area contributed by atoms with Crippen LogP contribution in [0.25, 0.3) is 5.32 Å². The van der Waals surface area contributed by atoms with Crippen molar-refractivity contribution in [1.82, 2.24) is 0 Å². The summed E-state index contributed by atoms with van der Waals surface area (Å²) in [4.78, 5) is 0. The van der Waals surface area contributed by atoms with Gasteiger partial charge in [-0.15, -0.1) is 13.1 Å². The average Bonchev–Trinajstić information content (AvgIpc) is 2.72. The molecule has 2 atom stereocenters. The summed E-state index contributed by atoms with van der Waals surface area (Å²) in [5.74, 6) is 0. The molecule has 0 heterocycles. The molecule has 2 unspecified atom stereocenters. The van der Waals surface area contributed by atoms with Gasteiger partial charge in [0, 0.05) is 12.1 Å². The Kier molecular flexibility index (Phi) is 13.8. The summed E-state index contributed by atoms with van der Waals surface area (Å²) in [6, 6.07) is 8.89. The summed E-state index contributed by atoms with van der Waals surface area (Å²) < 4.78 is 0. The normalized spacial score (nSPS) is 13.0. The van der Waals surface area contributed by atoms with Crippen LogP contribution in [0.2, 0.25) is 0 Å². The number of hydrogen-bond donors (Lipinski definition) is 2. The van der Waals surface area contributed by atoms with Crippen LogP contribution in [0.4, 0.5) is 0 Å². The number of halogens is 2. The van der Waals surface area contributed by atoms with Crippen LogP contribution < -0.4 is 11.5 Å². The van der Waals surface area contributed by atoms with E-state index in [9.17, 15) is 0 Å². The average molecular weight is 599 g/mol. The van der Waals surface area contributed by atoms with Crippen LogP contribution in [-0.4, -0.2) is 13.1 Å². The van der Waals surface area contributed by atoms with E-state index >= 15 is 0 Å². The van der Waals surface area contributed by atoms with E-state index in [1.165, 1.54) is 44.5 Å². The van der Waals surface area contributed by atoms with Crippen molar-refractivity contribution in [3.8, 4) is 0 Å². The first-order valence-corrected chi connectivity index (χ1v) is 16.1. The number of aryl methyl sites for hydroxylation is 6.